The van der Waals surface area contributed by atoms with Crippen molar-refractivity contribution in [1.82, 2.24) is 0 Å². The Kier molecular flexibility index (Phi) is 3.32. The fourth-order valence-electron chi connectivity index (χ4n) is 0.848. The molecule has 0 radical (unpaired) electrons. The highest BCUT2D eigenvalue weighted by molar-refractivity contribution is 7.80. The molecule has 1 aromatic rings. The predicted molar refractivity (Wildman–Crippen MR) is 55.4 cm³/mol. The Morgan fingerprint density at radius 2 is 2.08 bits per heavy atom. The van der Waals surface area contributed by atoms with Gasteiger partial charge in [0, 0.05) is 6.42 Å². The summed E-state index contributed by atoms with van der Waals surface area (Å²) in [5, 5.41) is 9.70. The molecule has 0 saturated carbocycles. The van der Waals surface area contributed by atoms with Crippen molar-refractivity contribution < 1.29 is 5.11 Å². The largest absolute Gasteiger partial charge is 0.502 e. The minimum Gasteiger partial charge on any atom is -0.502 e. The van der Waals surface area contributed by atoms with E-state index in [0.29, 0.717) is 10.0 Å². The third-order valence-corrected chi connectivity index (χ3v) is 2.38. The maximum absolute atomic E-state index is 8.85. The van der Waals surface area contributed by atoms with Gasteiger partial charge in [0.25, 0.3) is 0 Å². The van der Waals surface area contributed by atoms with Crippen molar-refractivity contribution in [3.63, 3.8) is 0 Å². The molecule has 1 aromatic carbocycles. The minimum absolute atomic E-state index is 0.0841. The van der Waals surface area contributed by atoms with Gasteiger partial charge in [0.1, 0.15) is 0 Å². The number of thiocarbonyl (C=S) groups is 1. The van der Waals surface area contributed by atoms with Gasteiger partial charge in [-0.1, -0.05) is 35.3 Å². The molecule has 1 rings (SSSR count). The summed E-state index contributed by atoms with van der Waals surface area (Å²) in [5.41, 5.74) is 0.747. The zero-order chi connectivity index (χ0) is 9.14. The number of rotatable bonds is 2. The van der Waals surface area contributed by atoms with E-state index in [0.717, 1.165) is 5.56 Å². The minimum atomic E-state index is -0.0841. The Morgan fingerprint density at radius 3 is 2.67 bits per heavy atom. The highest BCUT2D eigenvalue weighted by atomic mass is 35.5. The molecule has 0 bridgehead atoms. The fourth-order valence-corrected chi connectivity index (χ4v) is 1.39. The number of hydrogen-bond acceptors (Lipinski definition) is 1. The molecule has 0 heterocycles. The Labute approximate surface area is 85.9 Å². The SMILES string of the molecule is OC(=S)Cc1cccc(Cl)c1Cl. The number of aliphatic hydroxyl groups is 1. The molecule has 12 heavy (non-hydrogen) atoms. The topological polar surface area (TPSA) is 20.2 Å². The summed E-state index contributed by atoms with van der Waals surface area (Å²) < 4.78 is 0. The predicted octanol–water partition coefficient (Wildman–Crippen LogP) is 3.42. The maximum Gasteiger partial charge on any atom is 0.161 e. The van der Waals surface area contributed by atoms with E-state index >= 15 is 0 Å². The van der Waals surface area contributed by atoms with Gasteiger partial charge in [-0.05, 0) is 23.8 Å². The van der Waals surface area contributed by atoms with Gasteiger partial charge < -0.3 is 5.11 Å². The van der Waals surface area contributed by atoms with Crippen molar-refractivity contribution in [2.45, 2.75) is 6.42 Å². The number of halogens is 2. The zero-order valence-corrected chi connectivity index (χ0v) is 8.38. The van der Waals surface area contributed by atoms with Crippen molar-refractivity contribution in [1.29, 1.82) is 0 Å². The lowest BCUT2D eigenvalue weighted by atomic mass is 10.2. The van der Waals surface area contributed by atoms with Crippen molar-refractivity contribution in [3.05, 3.63) is 33.8 Å². The van der Waals surface area contributed by atoms with Gasteiger partial charge in [-0.25, -0.2) is 0 Å². The number of benzene rings is 1. The molecule has 0 amide bonds. The monoisotopic (exact) mass is 220 g/mol. The molecular formula is C8H6Cl2OS. The quantitative estimate of drug-likeness (QED) is 0.772. The van der Waals surface area contributed by atoms with Crippen molar-refractivity contribution in [2.24, 2.45) is 0 Å². The second kappa shape index (κ2) is 4.08. The normalized spacial score (nSPS) is 9.83. The molecule has 0 aliphatic carbocycles. The lowest BCUT2D eigenvalue weighted by Gasteiger charge is -2.02. The molecular weight excluding hydrogens is 215 g/mol. The third kappa shape index (κ3) is 2.34. The highest BCUT2D eigenvalue weighted by Gasteiger charge is 2.05. The summed E-state index contributed by atoms with van der Waals surface area (Å²) >= 11 is 16.1. The maximum atomic E-state index is 8.85. The van der Waals surface area contributed by atoms with Crippen LogP contribution in [0.3, 0.4) is 0 Å². The molecule has 0 fully saturated rings. The fraction of sp³-hybridized carbons (Fsp3) is 0.125. The summed E-state index contributed by atoms with van der Waals surface area (Å²) in [4.78, 5) is 0. The Balaban J connectivity index is 3.00. The molecule has 0 spiro atoms. The van der Waals surface area contributed by atoms with Crippen LogP contribution < -0.4 is 0 Å². The Hall–Kier alpha value is -0.310. The van der Waals surface area contributed by atoms with Crippen LogP contribution in [-0.4, -0.2) is 10.2 Å². The van der Waals surface area contributed by atoms with Crippen LogP contribution in [0, 0.1) is 0 Å². The van der Waals surface area contributed by atoms with Crippen LogP contribution in [-0.2, 0) is 6.42 Å². The van der Waals surface area contributed by atoms with E-state index in [1.54, 1.807) is 18.2 Å². The summed E-state index contributed by atoms with van der Waals surface area (Å²) in [6.45, 7) is 0. The van der Waals surface area contributed by atoms with E-state index in [1.165, 1.54) is 0 Å². The van der Waals surface area contributed by atoms with Gasteiger partial charge in [0.2, 0.25) is 0 Å². The average Bonchev–Trinajstić information content (AvgIpc) is 1.98. The van der Waals surface area contributed by atoms with Gasteiger partial charge in [-0.15, -0.1) is 0 Å². The van der Waals surface area contributed by atoms with E-state index in [4.69, 9.17) is 28.3 Å². The molecule has 1 N–H and O–H groups in total. The van der Waals surface area contributed by atoms with Crippen molar-refractivity contribution >= 4 is 40.5 Å². The van der Waals surface area contributed by atoms with Crippen LogP contribution >= 0.6 is 35.4 Å². The van der Waals surface area contributed by atoms with Crippen LogP contribution in [0.25, 0.3) is 0 Å². The second-order valence-corrected chi connectivity index (χ2v) is 3.54. The second-order valence-electron chi connectivity index (χ2n) is 2.28. The van der Waals surface area contributed by atoms with E-state index in [-0.39, 0.29) is 11.5 Å². The molecule has 0 atom stereocenters. The third-order valence-electron chi connectivity index (χ3n) is 1.37. The zero-order valence-electron chi connectivity index (χ0n) is 6.05. The van der Waals surface area contributed by atoms with Crippen molar-refractivity contribution in [3.8, 4) is 0 Å². The van der Waals surface area contributed by atoms with Crippen molar-refractivity contribution in [2.75, 3.05) is 0 Å². The van der Waals surface area contributed by atoms with Crippen LogP contribution in [0.5, 0.6) is 0 Å². The van der Waals surface area contributed by atoms with Gasteiger partial charge in [-0.3, -0.25) is 0 Å². The lowest BCUT2D eigenvalue weighted by Crippen LogP contribution is -1.97. The Morgan fingerprint density at radius 1 is 1.42 bits per heavy atom. The molecule has 1 nitrogen and oxygen atoms in total. The summed E-state index contributed by atoms with van der Waals surface area (Å²) in [5.74, 6) is 0. The van der Waals surface area contributed by atoms with E-state index in [2.05, 4.69) is 12.2 Å². The van der Waals surface area contributed by atoms with Gasteiger partial charge in [0.05, 0.1) is 10.0 Å². The van der Waals surface area contributed by atoms with Crippen LogP contribution in [0.4, 0.5) is 0 Å². The number of hydrogen-bond donors (Lipinski definition) is 1. The van der Waals surface area contributed by atoms with Crippen LogP contribution in [0.15, 0.2) is 18.2 Å². The first-order chi connectivity index (χ1) is 5.61. The summed E-state index contributed by atoms with van der Waals surface area (Å²) in [7, 11) is 0. The van der Waals surface area contributed by atoms with Crippen LogP contribution in [0.1, 0.15) is 5.56 Å². The Bertz CT molecular complexity index is 312. The standard InChI is InChI=1S/C8H6Cl2OS/c9-6-3-1-2-5(8(6)10)4-7(11)12/h1-3H,4H2,(H,11,12). The average molecular weight is 221 g/mol. The van der Waals surface area contributed by atoms with E-state index < -0.39 is 0 Å². The molecule has 0 unspecified atom stereocenters. The molecule has 4 heteroatoms. The lowest BCUT2D eigenvalue weighted by molar-refractivity contribution is 0.556. The summed E-state index contributed by atoms with van der Waals surface area (Å²) in [6.07, 6.45) is 0.273. The molecule has 0 saturated heterocycles. The highest BCUT2D eigenvalue weighted by Crippen LogP contribution is 2.25. The molecule has 0 aromatic heterocycles. The summed E-state index contributed by atoms with van der Waals surface area (Å²) in [6, 6.07) is 5.23. The van der Waals surface area contributed by atoms with Gasteiger partial charge in [-0.2, -0.15) is 0 Å². The number of aliphatic hydroxyl groups excluding tert-OH is 1. The van der Waals surface area contributed by atoms with Gasteiger partial charge in [0.15, 0.2) is 5.05 Å². The van der Waals surface area contributed by atoms with Crippen LogP contribution in [0.2, 0.25) is 10.0 Å². The molecule has 64 valence electrons. The first-order valence-electron chi connectivity index (χ1n) is 3.26. The van der Waals surface area contributed by atoms with Gasteiger partial charge >= 0.3 is 0 Å². The van der Waals surface area contributed by atoms with E-state index in [9.17, 15) is 0 Å². The molecule has 0 aliphatic rings. The first-order valence-corrected chi connectivity index (χ1v) is 4.42. The smallest absolute Gasteiger partial charge is 0.161 e. The van der Waals surface area contributed by atoms with E-state index in [1.807, 2.05) is 0 Å². The first kappa shape index (κ1) is 9.78. The molecule has 0 aliphatic heterocycles.